The number of aliphatic carboxylic acids is 1. The largest absolute Gasteiger partial charge is 0.479 e. The highest BCUT2D eigenvalue weighted by molar-refractivity contribution is 5.98. The van der Waals surface area contributed by atoms with E-state index in [0.29, 0.717) is 5.56 Å². The first kappa shape index (κ1) is 33.7. The first-order valence-corrected chi connectivity index (χ1v) is 14.7. The number of alkyl carbamates (subject to hydrolysis) is 1. The van der Waals surface area contributed by atoms with Crippen molar-refractivity contribution < 1.29 is 33.8 Å². The van der Waals surface area contributed by atoms with Gasteiger partial charge in [-0.3, -0.25) is 9.59 Å². The second-order valence-electron chi connectivity index (χ2n) is 12.3. The monoisotopic (exact) mass is 629 g/mol. The van der Waals surface area contributed by atoms with Gasteiger partial charge < -0.3 is 35.1 Å². The van der Waals surface area contributed by atoms with Crippen LogP contribution in [0.3, 0.4) is 0 Å². The highest BCUT2D eigenvalue weighted by atomic mass is 16.6. The second kappa shape index (κ2) is 14.2. The van der Waals surface area contributed by atoms with E-state index in [-0.39, 0.29) is 19.0 Å². The maximum Gasteiger partial charge on any atom is 0.408 e. The van der Waals surface area contributed by atoms with Gasteiger partial charge in [0.15, 0.2) is 11.9 Å². The molecule has 12 nitrogen and oxygen atoms in total. The average Bonchev–Trinajstić information content (AvgIpc) is 3.43. The number of hydrogen-bond donors (Lipinski definition) is 4. The number of aromatic nitrogens is 2. The summed E-state index contributed by atoms with van der Waals surface area (Å²) < 4.78 is 12.4. The maximum absolute atomic E-state index is 13.5. The van der Waals surface area contributed by atoms with Gasteiger partial charge in [-0.2, -0.15) is 0 Å². The van der Waals surface area contributed by atoms with Gasteiger partial charge in [-0.05, 0) is 62.6 Å². The number of carboxylic acid groups (broad SMARTS) is 1. The lowest BCUT2D eigenvalue weighted by Crippen LogP contribution is -2.59. The number of ether oxygens (including phenoxy) is 2. The van der Waals surface area contributed by atoms with Crippen molar-refractivity contribution in [1.29, 1.82) is 0 Å². The number of nitrogens with one attached hydrogen (secondary N) is 3. The molecule has 46 heavy (non-hydrogen) atoms. The molecule has 2 atom stereocenters. The molecule has 1 heterocycles. The van der Waals surface area contributed by atoms with Crippen molar-refractivity contribution in [3.05, 3.63) is 96.4 Å². The Morgan fingerprint density at radius 1 is 0.913 bits per heavy atom. The fourth-order valence-corrected chi connectivity index (χ4v) is 4.58. The molecule has 0 spiro atoms. The van der Waals surface area contributed by atoms with Crippen molar-refractivity contribution >= 4 is 40.5 Å². The van der Waals surface area contributed by atoms with E-state index in [4.69, 9.17) is 9.47 Å². The number of fused-ring (bicyclic) bond motifs is 1. The predicted octanol–water partition coefficient (Wildman–Crippen LogP) is 4.65. The van der Waals surface area contributed by atoms with Gasteiger partial charge in [0.2, 0.25) is 5.91 Å². The normalized spacial score (nSPS) is 13.0. The number of nitrogens with zero attached hydrogens (tertiary/aromatic N) is 2. The molecule has 4 N–H and O–H groups in total. The molecule has 12 heteroatoms. The maximum atomic E-state index is 13.5. The van der Waals surface area contributed by atoms with Crippen LogP contribution in [-0.4, -0.2) is 62.3 Å². The van der Waals surface area contributed by atoms with Crippen molar-refractivity contribution in [2.24, 2.45) is 0 Å². The Kier molecular flexibility index (Phi) is 10.4. The molecule has 4 aromatic rings. The Morgan fingerprint density at radius 2 is 1.59 bits per heavy atom. The van der Waals surface area contributed by atoms with E-state index in [1.54, 1.807) is 32.9 Å². The van der Waals surface area contributed by atoms with E-state index in [2.05, 4.69) is 20.9 Å². The number of anilines is 1. The average molecular weight is 630 g/mol. The Balaban J connectivity index is 1.50. The van der Waals surface area contributed by atoms with Crippen molar-refractivity contribution in [2.75, 3.05) is 11.9 Å². The molecular formula is C34H39N5O7. The molecule has 0 aliphatic carbocycles. The lowest BCUT2D eigenvalue weighted by atomic mass is 10.0. The minimum atomic E-state index is -1.45. The summed E-state index contributed by atoms with van der Waals surface area (Å²) in [7, 11) is 0. The van der Waals surface area contributed by atoms with Crippen molar-refractivity contribution in [2.45, 2.75) is 64.4 Å². The Morgan fingerprint density at radius 3 is 2.26 bits per heavy atom. The van der Waals surface area contributed by atoms with Crippen LogP contribution in [0.25, 0.3) is 10.8 Å². The van der Waals surface area contributed by atoms with Crippen LogP contribution in [0.2, 0.25) is 0 Å². The number of hydrogen-bond acceptors (Lipinski definition) is 7. The quantitative estimate of drug-likeness (QED) is 0.176. The zero-order chi connectivity index (χ0) is 33.5. The Labute approximate surface area is 267 Å². The molecule has 4 rings (SSSR count). The van der Waals surface area contributed by atoms with Gasteiger partial charge in [-0.1, -0.05) is 66.7 Å². The highest BCUT2D eigenvalue weighted by Crippen LogP contribution is 2.25. The molecule has 0 aliphatic rings. The molecule has 0 saturated carbocycles. The van der Waals surface area contributed by atoms with Crippen LogP contribution in [0.1, 0.15) is 51.8 Å². The number of carbonyl (C=O) groups excluding carboxylic acids is 3. The van der Waals surface area contributed by atoms with Gasteiger partial charge in [0, 0.05) is 6.20 Å². The van der Waals surface area contributed by atoms with E-state index >= 15 is 0 Å². The fourth-order valence-electron chi connectivity index (χ4n) is 4.58. The molecule has 2 unspecified atom stereocenters. The zero-order valence-electron chi connectivity index (χ0n) is 26.4. The van der Waals surface area contributed by atoms with Crippen LogP contribution in [0.15, 0.2) is 85.3 Å². The SMILES string of the molecule is CC(C)(C)OC(=O)NC(C)(C)C(=O)NC(COCc1ccccc1)C(=O)Nc1cn(C(C(=O)O)c2ccc3ccccc3c2)cn1. The number of amides is 3. The molecule has 242 valence electrons. The van der Waals surface area contributed by atoms with Gasteiger partial charge in [0.1, 0.15) is 17.2 Å². The summed E-state index contributed by atoms with van der Waals surface area (Å²) in [5.41, 5.74) is -0.828. The van der Waals surface area contributed by atoms with Crippen LogP contribution >= 0.6 is 0 Å². The van der Waals surface area contributed by atoms with Gasteiger partial charge in [0.05, 0.1) is 19.5 Å². The number of carbonyl (C=O) groups is 4. The molecule has 0 radical (unpaired) electrons. The summed E-state index contributed by atoms with van der Waals surface area (Å²) in [5, 5.41) is 19.8. The van der Waals surface area contributed by atoms with Gasteiger partial charge in [0.25, 0.3) is 5.91 Å². The van der Waals surface area contributed by atoms with Gasteiger partial charge >= 0.3 is 12.1 Å². The minimum absolute atomic E-state index is 0.0745. The van der Waals surface area contributed by atoms with E-state index < -0.39 is 47.1 Å². The second-order valence-corrected chi connectivity index (χ2v) is 12.3. The molecule has 1 aromatic heterocycles. The summed E-state index contributed by atoms with van der Waals surface area (Å²) in [6.45, 7) is 8.04. The number of benzene rings is 3. The topological polar surface area (TPSA) is 161 Å². The molecule has 0 fully saturated rings. The molecule has 0 aliphatic heterocycles. The summed E-state index contributed by atoms with van der Waals surface area (Å²) in [4.78, 5) is 55.7. The van der Waals surface area contributed by atoms with Crippen molar-refractivity contribution in [1.82, 2.24) is 20.2 Å². The molecule has 0 bridgehead atoms. The summed E-state index contributed by atoms with van der Waals surface area (Å²) >= 11 is 0. The van der Waals surface area contributed by atoms with Crippen molar-refractivity contribution in [3.63, 3.8) is 0 Å². The molecular weight excluding hydrogens is 590 g/mol. The van der Waals surface area contributed by atoms with Gasteiger partial charge in [-0.15, -0.1) is 0 Å². The van der Waals surface area contributed by atoms with E-state index in [1.807, 2.05) is 60.7 Å². The third kappa shape index (κ3) is 9.14. The summed E-state index contributed by atoms with van der Waals surface area (Å²) in [5.74, 6) is -2.35. The van der Waals surface area contributed by atoms with Crippen LogP contribution < -0.4 is 16.0 Å². The number of rotatable bonds is 12. The van der Waals surface area contributed by atoms with Crippen LogP contribution in [-0.2, 0) is 30.5 Å². The molecule has 3 amide bonds. The standard InChI is InChI=1S/C34H39N5O7/c1-33(2,3)46-32(44)38-34(4,5)31(43)36-26(20-45-19-22-11-7-6-8-12-22)29(40)37-27-18-39(21-35-27)28(30(41)42)25-16-15-23-13-9-10-14-24(23)17-25/h6-18,21,26,28H,19-20H2,1-5H3,(H,36,43)(H,37,40)(H,38,44)(H,41,42). The van der Waals surface area contributed by atoms with Crippen LogP contribution in [0.5, 0.6) is 0 Å². The number of imidazole rings is 1. The minimum Gasteiger partial charge on any atom is -0.479 e. The molecule has 3 aromatic carbocycles. The highest BCUT2D eigenvalue weighted by Gasteiger charge is 2.35. The first-order chi connectivity index (χ1) is 21.7. The fraction of sp³-hybridized carbons (Fsp3) is 0.324. The Hall–Kier alpha value is -5.23. The zero-order valence-corrected chi connectivity index (χ0v) is 26.4. The lowest BCUT2D eigenvalue weighted by Gasteiger charge is -2.29. The van der Waals surface area contributed by atoms with Crippen molar-refractivity contribution in [3.8, 4) is 0 Å². The van der Waals surface area contributed by atoms with Crippen LogP contribution in [0.4, 0.5) is 10.6 Å². The van der Waals surface area contributed by atoms with E-state index in [9.17, 15) is 24.3 Å². The Bertz CT molecular complexity index is 1690. The predicted molar refractivity (Wildman–Crippen MR) is 172 cm³/mol. The third-order valence-corrected chi connectivity index (χ3v) is 6.87. The summed E-state index contributed by atoms with van der Waals surface area (Å²) in [6.07, 6.45) is 1.93. The first-order valence-electron chi connectivity index (χ1n) is 14.7. The number of carboxylic acids is 1. The smallest absolute Gasteiger partial charge is 0.408 e. The third-order valence-electron chi connectivity index (χ3n) is 6.87. The lowest BCUT2D eigenvalue weighted by molar-refractivity contribution is -0.139. The van der Waals surface area contributed by atoms with E-state index in [1.165, 1.54) is 30.9 Å². The molecule has 0 saturated heterocycles. The summed E-state index contributed by atoms with van der Waals surface area (Å²) in [6, 6.07) is 20.0. The van der Waals surface area contributed by atoms with E-state index in [0.717, 1.165) is 16.3 Å². The van der Waals surface area contributed by atoms with Crippen LogP contribution in [0, 0.1) is 0 Å². The van der Waals surface area contributed by atoms with Gasteiger partial charge in [-0.25, -0.2) is 14.6 Å².